The number of aliphatic hydroxyl groups excluding tert-OH is 1. The second-order valence-electron chi connectivity index (χ2n) is 6.85. The summed E-state index contributed by atoms with van der Waals surface area (Å²) >= 11 is 1.65. The molecule has 1 fully saturated rings. The number of hydrogen-bond acceptors (Lipinski definition) is 7. The van der Waals surface area contributed by atoms with Crippen LogP contribution in [0.3, 0.4) is 0 Å². The van der Waals surface area contributed by atoms with Gasteiger partial charge in [-0.1, -0.05) is 37.7 Å². The summed E-state index contributed by atoms with van der Waals surface area (Å²) in [7, 11) is 0. The number of hydrogen-bond donors (Lipinski definition) is 2. The highest BCUT2D eigenvalue weighted by Crippen LogP contribution is 2.41. The van der Waals surface area contributed by atoms with E-state index in [0.717, 1.165) is 59.6 Å². The zero-order valence-corrected chi connectivity index (χ0v) is 18.6. The van der Waals surface area contributed by atoms with Crippen LogP contribution in [0.5, 0.6) is 5.75 Å². The molecular formula is C23H31N3O3S. The van der Waals surface area contributed by atoms with Crippen molar-refractivity contribution in [3.8, 4) is 5.75 Å². The molecule has 0 unspecified atom stereocenters. The molecule has 2 heterocycles. The molecule has 2 N–H and O–H groups in total. The van der Waals surface area contributed by atoms with Crippen LogP contribution in [0, 0.1) is 0 Å². The molecule has 0 aliphatic carbocycles. The molecule has 0 atom stereocenters. The summed E-state index contributed by atoms with van der Waals surface area (Å²) in [4.78, 5) is 11.9. The van der Waals surface area contributed by atoms with Crippen molar-refractivity contribution in [3.05, 3.63) is 48.0 Å². The van der Waals surface area contributed by atoms with Crippen molar-refractivity contribution in [2.45, 2.75) is 23.6 Å². The summed E-state index contributed by atoms with van der Waals surface area (Å²) in [6.07, 6.45) is 0. The Labute approximate surface area is 183 Å². The van der Waals surface area contributed by atoms with Gasteiger partial charge in [0.25, 0.3) is 0 Å². The van der Waals surface area contributed by atoms with Gasteiger partial charge in [-0.3, -0.25) is 4.90 Å². The molecular weight excluding hydrogens is 398 g/mol. The van der Waals surface area contributed by atoms with Gasteiger partial charge in [0.2, 0.25) is 0 Å². The Bertz CT molecular complexity index is 851. The van der Waals surface area contributed by atoms with Crippen LogP contribution in [-0.4, -0.2) is 78.4 Å². The number of aliphatic hydroxyl groups is 1. The van der Waals surface area contributed by atoms with Gasteiger partial charge < -0.3 is 19.8 Å². The monoisotopic (exact) mass is 429 g/mol. The number of piperazine rings is 1. The first-order valence-corrected chi connectivity index (χ1v) is 11.4. The van der Waals surface area contributed by atoms with Gasteiger partial charge >= 0.3 is 0 Å². The van der Waals surface area contributed by atoms with Crippen molar-refractivity contribution in [2.24, 2.45) is 4.99 Å². The molecule has 30 heavy (non-hydrogen) atoms. The molecule has 7 heteroatoms. The Morgan fingerprint density at radius 2 is 1.77 bits per heavy atom. The number of ether oxygens (including phenoxy) is 1. The fourth-order valence-corrected chi connectivity index (χ4v) is 4.54. The third-order valence-corrected chi connectivity index (χ3v) is 6.10. The van der Waals surface area contributed by atoms with E-state index in [-0.39, 0.29) is 12.4 Å². The fourth-order valence-electron chi connectivity index (χ4n) is 3.49. The minimum atomic E-state index is 0.0715. The smallest absolute Gasteiger partial charge is 0.137 e. The van der Waals surface area contributed by atoms with Crippen LogP contribution in [-0.2, 0) is 4.74 Å². The van der Waals surface area contributed by atoms with Gasteiger partial charge in [-0.25, -0.2) is 4.99 Å². The minimum absolute atomic E-state index is 0.0715. The van der Waals surface area contributed by atoms with E-state index in [1.165, 1.54) is 0 Å². The predicted molar refractivity (Wildman–Crippen MR) is 122 cm³/mol. The summed E-state index contributed by atoms with van der Waals surface area (Å²) in [5.41, 5.74) is 2.04. The second kappa shape index (κ2) is 11.4. The minimum Gasteiger partial charge on any atom is -0.508 e. The Morgan fingerprint density at radius 1 is 1.00 bits per heavy atom. The van der Waals surface area contributed by atoms with Gasteiger partial charge in [0.15, 0.2) is 0 Å². The largest absolute Gasteiger partial charge is 0.508 e. The number of benzene rings is 2. The molecule has 0 spiro atoms. The van der Waals surface area contributed by atoms with Gasteiger partial charge in [0.1, 0.15) is 11.6 Å². The third-order valence-electron chi connectivity index (χ3n) is 4.98. The summed E-state index contributed by atoms with van der Waals surface area (Å²) in [6.45, 7) is 9.68. The first kappa shape index (κ1) is 22.6. The van der Waals surface area contributed by atoms with E-state index in [2.05, 4.69) is 15.9 Å². The maximum atomic E-state index is 9.98. The molecule has 1 saturated heterocycles. The Morgan fingerprint density at radius 3 is 2.53 bits per heavy atom. The summed E-state index contributed by atoms with van der Waals surface area (Å²) in [6, 6.07) is 13.7. The molecule has 6 nitrogen and oxygen atoms in total. The molecule has 162 valence electrons. The van der Waals surface area contributed by atoms with E-state index in [1.54, 1.807) is 17.8 Å². The Hall–Kier alpha value is -2.06. The molecule has 2 aliphatic rings. The lowest BCUT2D eigenvalue weighted by Gasteiger charge is -2.36. The normalized spacial score (nSPS) is 16.0. The van der Waals surface area contributed by atoms with Crippen molar-refractivity contribution >= 4 is 23.3 Å². The molecule has 4 rings (SSSR count). The van der Waals surface area contributed by atoms with Crippen LogP contribution in [0.1, 0.15) is 19.4 Å². The molecule has 0 bridgehead atoms. The van der Waals surface area contributed by atoms with Crippen molar-refractivity contribution in [2.75, 3.05) is 52.5 Å². The summed E-state index contributed by atoms with van der Waals surface area (Å²) in [5.74, 6) is 1.25. The topological polar surface area (TPSA) is 68.5 Å². The van der Waals surface area contributed by atoms with Crippen LogP contribution >= 0.6 is 11.8 Å². The standard InChI is InChI=1S/C21H25N3O3S.C2H6/c25-12-14-27-13-11-23-7-9-24(10-8-23)21-17-6-5-16(26)15-20(17)28-19-4-2-1-3-18(19)22-21;1-2/h1-6,15,25-26H,7-14H2;1-2H3. The molecule has 0 radical (unpaired) electrons. The number of fused-ring (bicyclic) bond motifs is 2. The third kappa shape index (κ3) is 5.55. The average Bonchev–Trinajstić information content (AvgIpc) is 2.95. The zero-order chi connectivity index (χ0) is 21.3. The van der Waals surface area contributed by atoms with Crippen molar-refractivity contribution in [3.63, 3.8) is 0 Å². The molecule has 0 aromatic heterocycles. The highest BCUT2D eigenvalue weighted by atomic mass is 32.2. The van der Waals surface area contributed by atoms with E-state index in [9.17, 15) is 5.11 Å². The van der Waals surface area contributed by atoms with Gasteiger partial charge in [-0.2, -0.15) is 0 Å². The number of rotatable bonds is 5. The maximum absolute atomic E-state index is 9.98. The molecule has 0 saturated carbocycles. The van der Waals surface area contributed by atoms with E-state index in [4.69, 9.17) is 14.8 Å². The van der Waals surface area contributed by atoms with E-state index in [0.29, 0.717) is 13.2 Å². The lowest BCUT2D eigenvalue weighted by atomic mass is 10.1. The van der Waals surface area contributed by atoms with E-state index >= 15 is 0 Å². The maximum Gasteiger partial charge on any atom is 0.137 e. The predicted octanol–water partition coefficient (Wildman–Crippen LogP) is 3.59. The first-order chi connectivity index (χ1) is 14.7. The number of para-hydroxylation sites is 1. The number of aromatic hydroxyl groups is 1. The highest BCUT2D eigenvalue weighted by molar-refractivity contribution is 7.99. The first-order valence-electron chi connectivity index (χ1n) is 10.6. The molecule has 0 amide bonds. The van der Waals surface area contributed by atoms with Crippen LogP contribution in [0.25, 0.3) is 0 Å². The average molecular weight is 430 g/mol. The van der Waals surface area contributed by atoms with Crippen molar-refractivity contribution in [1.82, 2.24) is 9.80 Å². The van der Waals surface area contributed by atoms with Crippen LogP contribution in [0.2, 0.25) is 0 Å². The summed E-state index contributed by atoms with van der Waals surface area (Å²) in [5, 5.41) is 18.8. The Balaban J connectivity index is 0.00000124. The Kier molecular flexibility index (Phi) is 8.57. The van der Waals surface area contributed by atoms with Gasteiger partial charge in [0.05, 0.1) is 25.5 Å². The lowest BCUT2D eigenvalue weighted by Crippen LogP contribution is -2.49. The SMILES string of the molecule is CC.OCCOCCN1CCN(C2=Nc3ccccc3Sc3cc(O)ccc32)CC1. The van der Waals surface area contributed by atoms with Gasteiger partial charge in [-0.15, -0.1) is 0 Å². The van der Waals surface area contributed by atoms with Crippen LogP contribution in [0.15, 0.2) is 57.2 Å². The highest BCUT2D eigenvalue weighted by Gasteiger charge is 2.25. The molecule has 2 aromatic rings. The van der Waals surface area contributed by atoms with Crippen LogP contribution < -0.4 is 0 Å². The number of aliphatic imine (C=N–C) groups is 1. The molecule has 2 aromatic carbocycles. The van der Waals surface area contributed by atoms with E-state index < -0.39 is 0 Å². The number of nitrogens with zero attached hydrogens (tertiary/aromatic N) is 3. The van der Waals surface area contributed by atoms with Crippen molar-refractivity contribution < 1.29 is 14.9 Å². The number of amidine groups is 1. The zero-order valence-electron chi connectivity index (χ0n) is 17.8. The van der Waals surface area contributed by atoms with Crippen molar-refractivity contribution in [1.29, 1.82) is 0 Å². The number of phenolic OH excluding ortho intramolecular Hbond substituents is 1. The van der Waals surface area contributed by atoms with Gasteiger partial charge in [0, 0.05) is 48.1 Å². The van der Waals surface area contributed by atoms with E-state index in [1.807, 2.05) is 44.2 Å². The second-order valence-corrected chi connectivity index (χ2v) is 7.93. The quantitative estimate of drug-likeness (QED) is 0.708. The number of phenols is 1. The lowest BCUT2D eigenvalue weighted by molar-refractivity contribution is 0.0652. The fraction of sp³-hybridized carbons (Fsp3) is 0.435. The van der Waals surface area contributed by atoms with Gasteiger partial charge in [-0.05, 0) is 30.3 Å². The summed E-state index contributed by atoms with van der Waals surface area (Å²) < 4.78 is 5.39. The molecule has 2 aliphatic heterocycles. The van der Waals surface area contributed by atoms with Crippen LogP contribution in [0.4, 0.5) is 5.69 Å².